The largest absolute Gasteiger partial charge is 0.467 e. The Bertz CT molecular complexity index is 321. The van der Waals surface area contributed by atoms with Crippen molar-refractivity contribution in [2.75, 3.05) is 13.7 Å². The number of fused-ring (bicyclic) bond motifs is 1. The van der Waals surface area contributed by atoms with Crippen LogP contribution in [0.4, 0.5) is 0 Å². The molecule has 1 aromatic rings. The Balaban J connectivity index is 2.30. The Morgan fingerprint density at radius 3 is 3.46 bits per heavy atom. The van der Waals surface area contributed by atoms with Crippen LogP contribution in [0.2, 0.25) is 0 Å². The van der Waals surface area contributed by atoms with Gasteiger partial charge in [-0.3, -0.25) is 4.68 Å². The third-order valence-electron chi connectivity index (χ3n) is 2.05. The maximum Gasteiger partial charge on any atom is 0.333 e. The van der Waals surface area contributed by atoms with Gasteiger partial charge >= 0.3 is 5.97 Å². The number of carbonyl (C=O) groups excluding carboxylic acids is 1. The Morgan fingerprint density at radius 2 is 2.69 bits per heavy atom. The maximum absolute atomic E-state index is 11.3. The van der Waals surface area contributed by atoms with Crippen LogP contribution in [0, 0.1) is 0 Å². The van der Waals surface area contributed by atoms with Gasteiger partial charge in [0.25, 0.3) is 0 Å². The molecular weight excluding hydrogens is 172 g/mol. The van der Waals surface area contributed by atoms with Gasteiger partial charge in [0.05, 0.1) is 26.0 Å². The summed E-state index contributed by atoms with van der Waals surface area (Å²) in [7, 11) is 1.36. The molecule has 2 heterocycles. The second-order valence-electron chi connectivity index (χ2n) is 2.82. The van der Waals surface area contributed by atoms with Crippen LogP contribution in [0.5, 0.6) is 0 Å². The van der Waals surface area contributed by atoms with Crippen molar-refractivity contribution < 1.29 is 14.3 Å². The van der Waals surface area contributed by atoms with Crippen molar-refractivity contribution >= 4 is 5.97 Å². The molecule has 0 N–H and O–H groups in total. The highest BCUT2D eigenvalue weighted by Crippen LogP contribution is 2.18. The van der Waals surface area contributed by atoms with Gasteiger partial charge in [0.15, 0.2) is 6.04 Å². The highest BCUT2D eigenvalue weighted by Gasteiger charge is 2.27. The average Bonchev–Trinajstić information content (AvgIpc) is 2.63. The summed E-state index contributed by atoms with van der Waals surface area (Å²) in [6.45, 7) is 0.842. The zero-order valence-corrected chi connectivity index (χ0v) is 7.27. The Hall–Kier alpha value is -1.36. The lowest BCUT2D eigenvalue weighted by molar-refractivity contribution is -0.148. The van der Waals surface area contributed by atoms with E-state index in [1.165, 1.54) is 7.11 Å². The molecule has 0 aromatic carbocycles. The summed E-state index contributed by atoms with van der Waals surface area (Å²) in [5.74, 6) is -0.315. The van der Waals surface area contributed by atoms with Gasteiger partial charge in [-0.05, 0) is 6.07 Å². The Morgan fingerprint density at radius 1 is 1.85 bits per heavy atom. The zero-order valence-electron chi connectivity index (χ0n) is 7.27. The molecule has 1 aromatic heterocycles. The summed E-state index contributed by atoms with van der Waals surface area (Å²) < 4.78 is 11.5. The number of nitrogens with zero attached hydrogens (tertiary/aromatic N) is 2. The molecule has 13 heavy (non-hydrogen) atoms. The molecule has 0 fully saturated rings. The highest BCUT2D eigenvalue weighted by atomic mass is 16.5. The highest BCUT2D eigenvalue weighted by molar-refractivity contribution is 5.74. The summed E-state index contributed by atoms with van der Waals surface area (Å²) in [5.41, 5.74) is 0.904. The number of carbonyl (C=O) groups is 1. The van der Waals surface area contributed by atoms with Gasteiger partial charge in [-0.25, -0.2) is 4.79 Å². The first kappa shape index (κ1) is 8.25. The SMILES string of the molecule is COC(=O)C1COCc2ccnn21. The third kappa shape index (κ3) is 1.31. The Kier molecular flexibility index (Phi) is 2.02. The molecule has 0 spiro atoms. The van der Waals surface area contributed by atoms with Crippen molar-refractivity contribution in [2.24, 2.45) is 0 Å². The van der Waals surface area contributed by atoms with Crippen LogP contribution < -0.4 is 0 Å². The van der Waals surface area contributed by atoms with E-state index in [-0.39, 0.29) is 5.97 Å². The van der Waals surface area contributed by atoms with Crippen LogP contribution >= 0.6 is 0 Å². The van der Waals surface area contributed by atoms with Gasteiger partial charge in [-0.2, -0.15) is 5.10 Å². The van der Waals surface area contributed by atoms with E-state index < -0.39 is 6.04 Å². The molecule has 0 saturated carbocycles. The maximum atomic E-state index is 11.3. The molecule has 5 nitrogen and oxygen atoms in total. The van der Waals surface area contributed by atoms with Gasteiger partial charge in [-0.15, -0.1) is 0 Å². The molecule has 0 amide bonds. The monoisotopic (exact) mass is 182 g/mol. The number of esters is 1. The van der Waals surface area contributed by atoms with E-state index in [2.05, 4.69) is 9.84 Å². The fraction of sp³-hybridized carbons (Fsp3) is 0.500. The first-order chi connectivity index (χ1) is 6.33. The minimum absolute atomic E-state index is 0.315. The number of rotatable bonds is 1. The molecule has 1 unspecified atom stereocenters. The average molecular weight is 182 g/mol. The molecule has 70 valence electrons. The lowest BCUT2D eigenvalue weighted by Crippen LogP contribution is -2.31. The van der Waals surface area contributed by atoms with Crippen molar-refractivity contribution in [2.45, 2.75) is 12.6 Å². The fourth-order valence-electron chi connectivity index (χ4n) is 1.39. The van der Waals surface area contributed by atoms with Crippen LogP contribution in [0.15, 0.2) is 12.3 Å². The summed E-state index contributed by atoms with van der Waals surface area (Å²) in [6, 6.07) is 1.40. The molecule has 0 bridgehead atoms. The van der Waals surface area contributed by atoms with Crippen molar-refractivity contribution in [1.29, 1.82) is 0 Å². The molecule has 5 heteroatoms. The van der Waals surface area contributed by atoms with Crippen LogP contribution in [-0.4, -0.2) is 29.5 Å². The summed E-state index contributed by atoms with van der Waals surface area (Å²) in [4.78, 5) is 11.3. The minimum atomic E-state index is -0.427. The standard InChI is InChI=1S/C8H10N2O3/c1-12-8(11)7-5-13-4-6-2-3-9-10(6)7/h2-3,7H,4-5H2,1H3. The predicted molar refractivity (Wildman–Crippen MR) is 42.9 cm³/mol. The predicted octanol–water partition coefficient (Wildman–Crippen LogP) is 0.127. The molecule has 0 saturated heterocycles. The van der Waals surface area contributed by atoms with E-state index in [0.717, 1.165) is 5.69 Å². The second kappa shape index (κ2) is 3.18. The molecule has 2 rings (SSSR count). The fourth-order valence-corrected chi connectivity index (χ4v) is 1.39. The van der Waals surface area contributed by atoms with Gasteiger partial charge in [0.2, 0.25) is 0 Å². The van der Waals surface area contributed by atoms with Gasteiger partial charge in [0, 0.05) is 6.20 Å². The summed E-state index contributed by atoms with van der Waals surface area (Å²) >= 11 is 0. The first-order valence-electron chi connectivity index (χ1n) is 4.01. The number of hydrogen-bond acceptors (Lipinski definition) is 4. The van der Waals surface area contributed by atoms with Crippen LogP contribution in [-0.2, 0) is 20.9 Å². The van der Waals surface area contributed by atoms with Crippen molar-refractivity contribution in [1.82, 2.24) is 9.78 Å². The normalized spacial score (nSPS) is 20.8. The number of methoxy groups -OCH3 is 1. The van der Waals surface area contributed by atoms with Gasteiger partial charge < -0.3 is 9.47 Å². The molecule has 0 radical (unpaired) electrons. The lowest BCUT2D eigenvalue weighted by atomic mass is 10.2. The van der Waals surface area contributed by atoms with E-state index in [9.17, 15) is 4.79 Å². The van der Waals surface area contributed by atoms with E-state index in [1.807, 2.05) is 6.07 Å². The summed E-state index contributed by atoms with van der Waals surface area (Å²) in [5, 5.41) is 4.04. The van der Waals surface area contributed by atoms with Gasteiger partial charge in [0.1, 0.15) is 0 Å². The van der Waals surface area contributed by atoms with Gasteiger partial charge in [-0.1, -0.05) is 0 Å². The van der Waals surface area contributed by atoms with Crippen molar-refractivity contribution in [3.63, 3.8) is 0 Å². The smallest absolute Gasteiger partial charge is 0.333 e. The van der Waals surface area contributed by atoms with Crippen molar-refractivity contribution in [3.8, 4) is 0 Å². The Labute approximate surface area is 75.2 Å². The number of aromatic nitrogens is 2. The molecule has 1 aliphatic rings. The molecule has 1 aliphatic heterocycles. The topological polar surface area (TPSA) is 53.4 Å². The number of ether oxygens (including phenoxy) is 2. The lowest BCUT2D eigenvalue weighted by Gasteiger charge is -2.22. The molecule has 0 aliphatic carbocycles. The second-order valence-corrected chi connectivity index (χ2v) is 2.82. The van der Waals surface area contributed by atoms with E-state index in [1.54, 1.807) is 10.9 Å². The first-order valence-corrected chi connectivity index (χ1v) is 4.01. The quantitative estimate of drug-likeness (QED) is 0.579. The van der Waals surface area contributed by atoms with Crippen LogP contribution in [0.25, 0.3) is 0 Å². The van der Waals surface area contributed by atoms with Crippen LogP contribution in [0.1, 0.15) is 11.7 Å². The zero-order chi connectivity index (χ0) is 9.26. The van der Waals surface area contributed by atoms with Crippen molar-refractivity contribution in [3.05, 3.63) is 18.0 Å². The molecule has 1 atom stereocenters. The van der Waals surface area contributed by atoms with E-state index >= 15 is 0 Å². The minimum Gasteiger partial charge on any atom is -0.467 e. The van der Waals surface area contributed by atoms with Crippen LogP contribution in [0.3, 0.4) is 0 Å². The van der Waals surface area contributed by atoms with E-state index in [0.29, 0.717) is 13.2 Å². The molecular formula is C8H10N2O3. The van der Waals surface area contributed by atoms with E-state index in [4.69, 9.17) is 4.74 Å². The summed E-state index contributed by atoms with van der Waals surface area (Å²) in [6.07, 6.45) is 1.65. The number of hydrogen-bond donors (Lipinski definition) is 0. The third-order valence-corrected chi connectivity index (χ3v) is 2.05.